The van der Waals surface area contributed by atoms with Gasteiger partial charge in [0.15, 0.2) is 9.84 Å². The van der Waals surface area contributed by atoms with E-state index in [1.165, 1.54) is 32.0 Å². The highest BCUT2D eigenvalue weighted by molar-refractivity contribution is 7.91. The van der Waals surface area contributed by atoms with Crippen LogP contribution in [0.5, 0.6) is 5.75 Å². The van der Waals surface area contributed by atoms with Crippen LogP contribution in [0.3, 0.4) is 0 Å². The fourth-order valence-corrected chi connectivity index (χ4v) is 3.79. The first-order valence-corrected chi connectivity index (χ1v) is 10.9. The lowest BCUT2D eigenvalue weighted by Gasteiger charge is -2.32. The highest BCUT2D eigenvalue weighted by Gasteiger charge is 2.47. The molecule has 0 spiro atoms. The summed E-state index contributed by atoms with van der Waals surface area (Å²) in [6, 6.07) is 6.22. The molecule has 1 aliphatic heterocycles. The summed E-state index contributed by atoms with van der Waals surface area (Å²) in [7, 11) is -4.06. The Kier molecular flexibility index (Phi) is 6.67. The SMILES string of the molecule is Cc1ccc(C#N)cc1OC1=C([N+](=O)[O-])C(C(C(=O)O)C(C)C)=NC(S(C)(=O)=O)N1N. The molecule has 1 aromatic carbocycles. The number of ether oxygens (including phenoxy) is 1. The van der Waals surface area contributed by atoms with Crippen molar-refractivity contribution in [3.63, 3.8) is 0 Å². The maximum Gasteiger partial charge on any atom is 0.352 e. The molecule has 2 atom stereocenters. The first kappa shape index (κ1) is 23.8. The van der Waals surface area contributed by atoms with Crippen LogP contribution in [0, 0.1) is 40.2 Å². The fraction of sp³-hybridized carbons (Fsp3) is 0.389. The van der Waals surface area contributed by atoms with Crippen LogP contribution >= 0.6 is 0 Å². The van der Waals surface area contributed by atoms with Crippen LogP contribution in [0.15, 0.2) is 34.8 Å². The lowest BCUT2D eigenvalue weighted by atomic mass is 9.89. The number of carbonyl (C=O) groups is 1. The number of carboxylic acid groups (broad SMARTS) is 1. The van der Waals surface area contributed by atoms with E-state index in [0.29, 0.717) is 10.6 Å². The Balaban J connectivity index is 2.83. The Labute approximate surface area is 178 Å². The molecule has 166 valence electrons. The Morgan fingerprint density at radius 2 is 2.06 bits per heavy atom. The number of sulfone groups is 1. The van der Waals surface area contributed by atoms with E-state index in [9.17, 15) is 28.4 Å². The molecule has 2 unspecified atom stereocenters. The number of aliphatic carboxylic acids is 1. The van der Waals surface area contributed by atoms with Crippen molar-refractivity contribution in [3.8, 4) is 11.8 Å². The van der Waals surface area contributed by atoms with E-state index >= 15 is 0 Å². The summed E-state index contributed by atoms with van der Waals surface area (Å²) in [5, 5.41) is 31.2. The van der Waals surface area contributed by atoms with Gasteiger partial charge in [0.2, 0.25) is 5.50 Å². The summed E-state index contributed by atoms with van der Waals surface area (Å²) in [6.45, 7) is 4.61. The van der Waals surface area contributed by atoms with Crippen molar-refractivity contribution in [2.24, 2.45) is 22.7 Å². The molecule has 0 saturated carbocycles. The Hall–Kier alpha value is -3.50. The summed E-state index contributed by atoms with van der Waals surface area (Å²) < 4.78 is 30.2. The van der Waals surface area contributed by atoms with Crippen LogP contribution in [0.25, 0.3) is 0 Å². The van der Waals surface area contributed by atoms with Gasteiger partial charge in [-0.1, -0.05) is 19.9 Å². The minimum absolute atomic E-state index is 0.00812. The number of aryl methyl sites for hydroxylation is 1. The van der Waals surface area contributed by atoms with Gasteiger partial charge < -0.3 is 9.84 Å². The van der Waals surface area contributed by atoms with Gasteiger partial charge >= 0.3 is 11.7 Å². The normalized spacial score (nSPS) is 17.8. The molecule has 3 N–H and O–H groups in total. The molecule has 13 heteroatoms. The van der Waals surface area contributed by atoms with Crippen molar-refractivity contribution in [3.05, 3.63) is 51.0 Å². The number of nitriles is 1. The maximum atomic E-state index is 12.3. The largest absolute Gasteiger partial charge is 0.481 e. The number of allylic oxidation sites excluding steroid dienone is 1. The monoisotopic (exact) mass is 451 g/mol. The number of nitrogens with two attached hydrogens (primary N) is 1. The molecule has 0 amide bonds. The lowest BCUT2D eigenvalue weighted by molar-refractivity contribution is -0.420. The second-order valence-corrected chi connectivity index (χ2v) is 9.32. The Morgan fingerprint density at radius 3 is 2.52 bits per heavy atom. The van der Waals surface area contributed by atoms with Crippen LogP contribution in [-0.4, -0.2) is 46.9 Å². The van der Waals surface area contributed by atoms with Gasteiger partial charge in [0.05, 0.1) is 16.6 Å². The molecular formula is C18H21N5O7S. The van der Waals surface area contributed by atoms with Gasteiger partial charge in [-0.2, -0.15) is 5.26 Å². The van der Waals surface area contributed by atoms with Crippen molar-refractivity contribution in [1.29, 1.82) is 5.26 Å². The molecule has 1 heterocycles. The van der Waals surface area contributed by atoms with E-state index in [0.717, 1.165) is 6.26 Å². The Morgan fingerprint density at radius 1 is 1.45 bits per heavy atom. The van der Waals surface area contributed by atoms with Crippen molar-refractivity contribution >= 4 is 21.5 Å². The molecule has 0 fully saturated rings. The number of nitro groups is 1. The fourth-order valence-electron chi connectivity index (χ4n) is 2.98. The lowest BCUT2D eigenvalue weighted by Crippen LogP contribution is -2.51. The zero-order valence-corrected chi connectivity index (χ0v) is 18.0. The molecule has 0 aromatic heterocycles. The van der Waals surface area contributed by atoms with Gasteiger partial charge in [-0.15, -0.1) is 0 Å². The van der Waals surface area contributed by atoms with Crippen molar-refractivity contribution in [1.82, 2.24) is 5.01 Å². The molecule has 1 aromatic rings. The first-order chi connectivity index (χ1) is 14.3. The van der Waals surface area contributed by atoms with E-state index in [4.69, 9.17) is 15.8 Å². The third-order valence-electron chi connectivity index (χ3n) is 4.48. The third kappa shape index (κ3) is 4.81. The van der Waals surface area contributed by atoms with Crippen LogP contribution in [0.4, 0.5) is 0 Å². The summed E-state index contributed by atoms with van der Waals surface area (Å²) in [5.74, 6) is 1.59. The number of rotatable bonds is 7. The second kappa shape index (κ2) is 8.70. The van der Waals surface area contributed by atoms with Gasteiger partial charge in [0.1, 0.15) is 17.4 Å². The van der Waals surface area contributed by atoms with E-state index in [1.54, 1.807) is 6.92 Å². The Bertz CT molecular complexity index is 1130. The van der Waals surface area contributed by atoms with Gasteiger partial charge in [-0.05, 0) is 30.5 Å². The van der Waals surface area contributed by atoms with Crippen LogP contribution in [0.2, 0.25) is 0 Å². The van der Waals surface area contributed by atoms with Crippen LogP contribution < -0.4 is 10.6 Å². The predicted octanol–water partition coefficient (Wildman–Crippen LogP) is 1.01. The number of nitrogens with zero attached hydrogens (tertiary/aromatic N) is 4. The molecule has 0 radical (unpaired) electrons. The third-order valence-corrected chi connectivity index (χ3v) is 5.58. The zero-order chi connectivity index (χ0) is 23.7. The number of benzene rings is 1. The molecule has 0 aliphatic carbocycles. The van der Waals surface area contributed by atoms with Gasteiger partial charge in [-0.25, -0.2) is 24.3 Å². The van der Waals surface area contributed by atoms with Crippen LogP contribution in [-0.2, 0) is 14.6 Å². The molecule has 2 rings (SSSR count). The van der Waals surface area contributed by atoms with E-state index in [1.807, 2.05) is 6.07 Å². The van der Waals surface area contributed by atoms with Gasteiger partial charge in [0.25, 0.3) is 5.88 Å². The predicted molar refractivity (Wildman–Crippen MR) is 109 cm³/mol. The number of hydrogen-bond acceptors (Lipinski definition) is 10. The van der Waals surface area contributed by atoms with E-state index in [-0.39, 0.29) is 11.3 Å². The van der Waals surface area contributed by atoms with Crippen molar-refractivity contribution < 1.29 is 28.0 Å². The molecule has 31 heavy (non-hydrogen) atoms. The van der Waals surface area contributed by atoms with E-state index < -0.39 is 55.4 Å². The average Bonchev–Trinajstić information content (AvgIpc) is 2.63. The average molecular weight is 451 g/mol. The van der Waals surface area contributed by atoms with Crippen molar-refractivity contribution in [2.45, 2.75) is 26.3 Å². The highest BCUT2D eigenvalue weighted by atomic mass is 32.2. The molecule has 1 aliphatic rings. The number of carboxylic acids is 1. The van der Waals surface area contributed by atoms with E-state index in [2.05, 4.69) is 4.99 Å². The van der Waals surface area contributed by atoms with Gasteiger partial charge in [-0.3, -0.25) is 14.9 Å². The summed E-state index contributed by atoms with van der Waals surface area (Å²) in [5.41, 5.74) is -2.64. The minimum Gasteiger partial charge on any atom is -0.481 e. The zero-order valence-electron chi connectivity index (χ0n) is 17.1. The molecular weight excluding hydrogens is 430 g/mol. The topological polar surface area (TPSA) is 189 Å². The standard InChI is InChI=1S/C18H21N5O7S/c1-9(2)13(17(24)25)14-15(23(26)27)16(22(20)18(21-14)31(4,28)29)30-12-7-11(8-19)6-5-10(12)3/h5-7,9,13,18H,20H2,1-4H3,(H,24,25). The number of hydrogen-bond donors (Lipinski definition) is 2. The molecule has 0 bridgehead atoms. The smallest absolute Gasteiger partial charge is 0.352 e. The second-order valence-electron chi connectivity index (χ2n) is 7.24. The number of hydrazine groups is 1. The summed E-state index contributed by atoms with van der Waals surface area (Å²) in [6.07, 6.45) is 0.806. The summed E-state index contributed by atoms with van der Waals surface area (Å²) in [4.78, 5) is 26.7. The van der Waals surface area contributed by atoms with Gasteiger partial charge in [0, 0.05) is 6.26 Å². The number of aliphatic imine (C=N–C) groups is 1. The summed E-state index contributed by atoms with van der Waals surface area (Å²) >= 11 is 0. The van der Waals surface area contributed by atoms with Crippen molar-refractivity contribution in [2.75, 3.05) is 6.26 Å². The molecule has 0 saturated heterocycles. The first-order valence-electron chi connectivity index (χ1n) is 8.90. The quantitative estimate of drug-likeness (QED) is 0.343. The maximum absolute atomic E-state index is 12.3. The highest BCUT2D eigenvalue weighted by Crippen LogP contribution is 2.32. The van der Waals surface area contributed by atoms with Crippen LogP contribution in [0.1, 0.15) is 25.0 Å². The minimum atomic E-state index is -4.06. The molecule has 12 nitrogen and oxygen atoms in total.